The van der Waals surface area contributed by atoms with E-state index in [0.717, 1.165) is 37.7 Å². The summed E-state index contributed by atoms with van der Waals surface area (Å²) in [7, 11) is 0. The molecule has 254 valence electrons. The Labute approximate surface area is 277 Å². The third kappa shape index (κ3) is 6.84. The molecular weight excluding hydrogens is 596 g/mol. The molecule has 10 nitrogen and oxygen atoms in total. The van der Waals surface area contributed by atoms with Crippen LogP contribution in [0.2, 0.25) is 0 Å². The lowest BCUT2D eigenvalue weighted by Gasteiger charge is -2.53. The van der Waals surface area contributed by atoms with Crippen molar-refractivity contribution in [1.29, 1.82) is 0 Å². The molecule has 2 aliphatic carbocycles. The van der Waals surface area contributed by atoms with Crippen molar-refractivity contribution in [2.75, 3.05) is 39.3 Å². The van der Waals surface area contributed by atoms with E-state index in [4.69, 9.17) is 0 Å². The predicted octanol–water partition coefficient (Wildman–Crippen LogP) is 5.08. The minimum atomic E-state index is -1.21. The fraction of sp³-hybridized carbons (Fsp3) is 0.622. The van der Waals surface area contributed by atoms with Crippen LogP contribution in [0.4, 0.5) is 4.79 Å². The van der Waals surface area contributed by atoms with Crippen LogP contribution in [0.25, 0.3) is 11.1 Å². The van der Waals surface area contributed by atoms with Gasteiger partial charge in [0.1, 0.15) is 0 Å². The second-order valence-corrected chi connectivity index (χ2v) is 14.7. The number of aliphatic hydroxyl groups is 1. The van der Waals surface area contributed by atoms with Crippen molar-refractivity contribution in [3.63, 3.8) is 0 Å². The summed E-state index contributed by atoms with van der Waals surface area (Å²) in [6.45, 7) is 4.01. The Morgan fingerprint density at radius 3 is 2.19 bits per heavy atom. The van der Waals surface area contributed by atoms with Crippen molar-refractivity contribution in [2.45, 2.75) is 89.7 Å². The lowest BCUT2D eigenvalue weighted by atomic mass is 9.65. The van der Waals surface area contributed by atoms with Gasteiger partial charge in [0.05, 0.1) is 17.7 Å². The van der Waals surface area contributed by atoms with Gasteiger partial charge in [0, 0.05) is 68.4 Å². The van der Waals surface area contributed by atoms with Crippen molar-refractivity contribution in [2.24, 2.45) is 17.3 Å². The number of carboxylic acid groups (broad SMARTS) is 1. The van der Waals surface area contributed by atoms with Gasteiger partial charge in [-0.25, -0.2) is 4.79 Å². The normalized spacial score (nSPS) is 24.0. The van der Waals surface area contributed by atoms with Gasteiger partial charge >= 0.3 is 6.09 Å². The summed E-state index contributed by atoms with van der Waals surface area (Å²) in [5, 5.41) is 21.9. The van der Waals surface area contributed by atoms with E-state index in [1.807, 2.05) is 35.2 Å². The Hall–Kier alpha value is -3.66. The van der Waals surface area contributed by atoms with Crippen molar-refractivity contribution in [1.82, 2.24) is 19.3 Å². The molecule has 1 spiro atoms. The highest BCUT2D eigenvalue weighted by atomic mass is 16.4. The van der Waals surface area contributed by atoms with E-state index in [1.54, 1.807) is 11.1 Å². The van der Waals surface area contributed by atoms with Crippen molar-refractivity contribution >= 4 is 17.9 Å². The van der Waals surface area contributed by atoms with Gasteiger partial charge in [0.15, 0.2) is 0 Å². The molecule has 3 heterocycles. The lowest BCUT2D eigenvalue weighted by molar-refractivity contribution is -0.163. The molecule has 1 aromatic heterocycles. The second-order valence-electron chi connectivity index (χ2n) is 14.7. The van der Waals surface area contributed by atoms with Gasteiger partial charge in [-0.1, -0.05) is 82.2 Å². The zero-order valence-corrected chi connectivity index (χ0v) is 27.7. The van der Waals surface area contributed by atoms with E-state index < -0.39 is 17.1 Å². The topological polar surface area (TPSA) is 123 Å². The highest BCUT2D eigenvalue weighted by Crippen LogP contribution is 2.52. The maximum Gasteiger partial charge on any atom is 0.407 e. The van der Waals surface area contributed by atoms with E-state index >= 15 is 0 Å². The van der Waals surface area contributed by atoms with Gasteiger partial charge in [-0.15, -0.1) is 0 Å². The summed E-state index contributed by atoms with van der Waals surface area (Å²) in [4.78, 5) is 57.9. The average molecular weight is 647 g/mol. The number of carbonyl (C=O) groups excluding carboxylic acids is 2. The van der Waals surface area contributed by atoms with Crippen molar-refractivity contribution in [3.8, 4) is 11.1 Å². The van der Waals surface area contributed by atoms with Crippen molar-refractivity contribution < 1.29 is 24.6 Å². The molecular formula is C37H50N4O6. The number of amides is 3. The number of rotatable bonds is 7. The minimum Gasteiger partial charge on any atom is -0.465 e. The summed E-state index contributed by atoms with van der Waals surface area (Å²) < 4.78 is 1.50. The van der Waals surface area contributed by atoms with Crippen LogP contribution in [0, 0.1) is 17.3 Å². The largest absolute Gasteiger partial charge is 0.465 e. The highest BCUT2D eigenvalue weighted by molar-refractivity contribution is 6.00. The quantitative estimate of drug-likeness (QED) is 0.433. The van der Waals surface area contributed by atoms with E-state index in [1.165, 1.54) is 47.6 Å². The summed E-state index contributed by atoms with van der Waals surface area (Å²) in [6, 6.07) is 10.8. The Kier molecular flexibility index (Phi) is 9.78. The Bertz CT molecular complexity index is 1500. The number of piperazine rings is 1. The summed E-state index contributed by atoms with van der Waals surface area (Å²) in [5.74, 6) is 0.497. The van der Waals surface area contributed by atoms with Crippen LogP contribution in [0.5, 0.6) is 0 Å². The molecule has 4 fully saturated rings. The number of carbonyl (C=O) groups is 3. The van der Waals surface area contributed by atoms with Gasteiger partial charge in [-0.2, -0.15) is 0 Å². The Morgan fingerprint density at radius 1 is 0.872 bits per heavy atom. The Morgan fingerprint density at radius 2 is 1.53 bits per heavy atom. The standard InChI is InChI=1S/C37H50N4O6/c1-27(22-28-10-4-2-5-11-28)33(43)40-17-16-37(47,36(25-40)14-8-9-15-36)26-41-24-31(30(23-32(41)42)29-12-6-3-7-13-29)34(44)38-18-20-39(21-19-38)35(45)46/h3,6-7,12-13,23-24,27-28,47H,2,4-5,8-11,14-22,25-26H2,1H3,(H,45,46)/t27-,37+/m1/s1. The van der Waals surface area contributed by atoms with Gasteiger partial charge in [-0.05, 0) is 37.2 Å². The molecule has 47 heavy (non-hydrogen) atoms. The maximum absolute atomic E-state index is 14.0. The number of pyridine rings is 1. The van der Waals surface area contributed by atoms with Gasteiger partial charge < -0.3 is 29.5 Å². The van der Waals surface area contributed by atoms with Gasteiger partial charge in [0.25, 0.3) is 11.5 Å². The van der Waals surface area contributed by atoms with Crippen LogP contribution in [0.1, 0.15) is 87.9 Å². The minimum absolute atomic E-state index is 0.0400. The highest BCUT2D eigenvalue weighted by Gasteiger charge is 2.56. The van der Waals surface area contributed by atoms with Crippen LogP contribution in [0.15, 0.2) is 47.4 Å². The molecule has 2 aromatic rings. The molecule has 3 amide bonds. The third-order valence-electron chi connectivity index (χ3n) is 11.7. The average Bonchev–Trinajstić information content (AvgIpc) is 3.57. The van der Waals surface area contributed by atoms with Crippen LogP contribution in [-0.4, -0.2) is 92.3 Å². The number of hydrogen-bond donors (Lipinski definition) is 2. The first-order valence-corrected chi connectivity index (χ1v) is 17.7. The molecule has 0 radical (unpaired) electrons. The Balaban J connectivity index is 1.26. The van der Waals surface area contributed by atoms with Crippen LogP contribution >= 0.6 is 0 Å². The third-order valence-corrected chi connectivity index (χ3v) is 11.7. The molecule has 2 aliphatic heterocycles. The SMILES string of the molecule is C[C@H](CC1CCCCC1)C(=O)N1CC[C@](O)(Cn2cc(C(=O)N3CCN(C(=O)O)CC3)c(-c3ccccc3)cc2=O)C2(CCCC2)C1. The number of likely N-dealkylation sites (tertiary alicyclic amines) is 1. The number of piperidine rings is 1. The van der Waals surface area contributed by atoms with E-state index in [-0.39, 0.29) is 56.0 Å². The molecule has 2 atom stereocenters. The van der Waals surface area contributed by atoms with Gasteiger partial charge in [0.2, 0.25) is 5.91 Å². The molecule has 2 N–H and O–H groups in total. The summed E-state index contributed by atoms with van der Waals surface area (Å²) in [6.07, 6.45) is 11.6. The van der Waals surface area contributed by atoms with Crippen molar-refractivity contribution in [3.05, 3.63) is 58.5 Å². The van der Waals surface area contributed by atoms with Crippen LogP contribution in [0.3, 0.4) is 0 Å². The zero-order valence-electron chi connectivity index (χ0n) is 27.7. The monoisotopic (exact) mass is 646 g/mol. The first-order valence-electron chi connectivity index (χ1n) is 17.7. The molecule has 10 heteroatoms. The van der Waals surface area contributed by atoms with Gasteiger partial charge in [-0.3, -0.25) is 14.4 Å². The molecule has 1 aromatic carbocycles. The number of nitrogens with zero attached hydrogens (tertiary/aromatic N) is 4. The zero-order chi connectivity index (χ0) is 33.2. The number of aromatic nitrogens is 1. The summed E-state index contributed by atoms with van der Waals surface area (Å²) in [5.41, 5.74) is -0.402. The summed E-state index contributed by atoms with van der Waals surface area (Å²) >= 11 is 0. The molecule has 2 saturated heterocycles. The van der Waals surface area contributed by atoms with Crippen LogP contribution < -0.4 is 5.56 Å². The maximum atomic E-state index is 14.0. The first kappa shape index (κ1) is 33.2. The van der Waals surface area contributed by atoms with E-state index in [2.05, 4.69) is 6.92 Å². The number of hydrogen-bond acceptors (Lipinski definition) is 5. The molecule has 0 bridgehead atoms. The number of benzene rings is 1. The first-order chi connectivity index (χ1) is 22.6. The lowest BCUT2D eigenvalue weighted by Crippen LogP contribution is -2.62. The molecule has 4 aliphatic rings. The van der Waals surface area contributed by atoms with E-state index in [0.29, 0.717) is 36.6 Å². The smallest absolute Gasteiger partial charge is 0.407 e. The fourth-order valence-electron chi connectivity index (χ4n) is 8.90. The van der Waals surface area contributed by atoms with Crippen LogP contribution in [-0.2, 0) is 11.3 Å². The molecule has 0 unspecified atom stereocenters. The molecule has 6 rings (SSSR count). The second kappa shape index (κ2) is 13.8. The van der Waals surface area contributed by atoms with E-state index in [9.17, 15) is 29.4 Å². The fourth-order valence-corrected chi connectivity index (χ4v) is 8.90. The predicted molar refractivity (Wildman–Crippen MR) is 179 cm³/mol. The molecule has 2 saturated carbocycles.